The average molecular weight is 413 g/mol. The van der Waals surface area contributed by atoms with E-state index in [0.717, 1.165) is 23.9 Å². The van der Waals surface area contributed by atoms with Gasteiger partial charge in [-0.05, 0) is 53.6 Å². The summed E-state index contributed by atoms with van der Waals surface area (Å²) in [7, 11) is 0. The highest BCUT2D eigenvalue weighted by Crippen LogP contribution is 2.37. The number of aromatic nitrogens is 5. The Labute approximate surface area is 169 Å². The third-order valence-corrected chi connectivity index (χ3v) is 5.32. The molecule has 2 aromatic heterocycles. The lowest BCUT2D eigenvalue weighted by Gasteiger charge is -2.07. The number of fused-ring (bicyclic) bond motifs is 1. The normalized spacial score (nSPS) is 13.8. The maximum absolute atomic E-state index is 12.8. The monoisotopic (exact) mass is 412 g/mol. The van der Waals surface area contributed by atoms with Crippen LogP contribution in [-0.4, -0.2) is 31.1 Å². The molecule has 5 rings (SSSR count). The Morgan fingerprint density at radius 2 is 2.04 bits per heavy atom. The number of amides is 1. The highest BCUT2D eigenvalue weighted by atomic mass is 35.5. The number of aromatic amines is 1. The van der Waals surface area contributed by atoms with Crippen molar-refractivity contribution in [1.29, 1.82) is 0 Å². The van der Waals surface area contributed by atoms with Gasteiger partial charge in [-0.25, -0.2) is 4.68 Å². The largest absolute Gasteiger partial charge is 0.349 e. The Morgan fingerprint density at radius 3 is 2.86 bits per heavy atom. The van der Waals surface area contributed by atoms with Crippen molar-refractivity contribution < 1.29 is 4.79 Å². The maximum atomic E-state index is 12.8. The van der Waals surface area contributed by atoms with Crippen LogP contribution in [0.2, 0.25) is 10.0 Å². The number of nitrogens with one attached hydrogen (secondary N) is 2. The van der Waals surface area contributed by atoms with E-state index in [1.807, 2.05) is 22.9 Å². The molecule has 0 saturated heterocycles. The Balaban J connectivity index is 1.44. The number of benzene rings is 2. The first-order valence-electron chi connectivity index (χ1n) is 8.76. The summed E-state index contributed by atoms with van der Waals surface area (Å²) in [4.78, 5) is 15.8. The first-order chi connectivity index (χ1) is 13.6. The number of carbonyl (C=O) groups is 1. The van der Waals surface area contributed by atoms with Gasteiger partial charge in [-0.15, -0.1) is 5.10 Å². The summed E-state index contributed by atoms with van der Waals surface area (Å²) in [5.74, 6) is 0.355. The summed E-state index contributed by atoms with van der Waals surface area (Å²) < 4.78 is 1.83. The van der Waals surface area contributed by atoms with Gasteiger partial charge in [0.15, 0.2) is 5.82 Å². The van der Waals surface area contributed by atoms with Gasteiger partial charge in [-0.1, -0.05) is 35.3 Å². The van der Waals surface area contributed by atoms with Gasteiger partial charge < -0.3 is 10.3 Å². The highest BCUT2D eigenvalue weighted by Gasteiger charge is 2.28. The van der Waals surface area contributed by atoms with Crippen molar-refractivity contribution in [1.82, 2.24) is 25.2 Å². The summed E-state index contributed by atoms with van der Waals surface area (Å²) >= 11 is 12.4. The highest BCUT2D eigenvalue weighted by molar-refractivity contribution is 6.40. The van der Waals surface area contributed by atoms with Crippen molar-refractivity contribution in [3.8, 4) is 11.4 Å². The SMILES string of the molecule is O=C(Nc1cccc(-c2nnnn2C2CC2)c1)c1[nH]c2ccc(Cl)cc2c1Cl. The molecule has 1 aliphatic carbocycles. The fourth-order valence-electron chi connectivity index (χ4n) is 3.17. The van der Waals surface area contributed by atoms with E-state index < -0.39 is 0 Å². The van der Waals surface area contributed by atoms with Crippen molar-refractivity contribution in [3.63, 3.8) is 0 Å². The first kappa shape index (κ1) is 17.2. The quantitative estimate of drug-likeness (QED) is 0.507. The van der Waals surface area contributed by atoms with Crippen molar-refractivity contribution in [2.24, 2.45) is 0 Å². The zero-order valence-electron chi connectivity index (χ0n) is 14.5. The molecule has 1 fully saturated rings. The molecule has 0 spiro atoms. The smallest absolute Gasteiger partial charge is 0.273 e. The van der Waals surface area contributed by atoms with Crippen LogP contribution in [-0.2, 0) is 0 Å². The van der Waals surface area contributed by atoms with Crippen LogP contribution in [0, 0.1) is 0 Å². The van der Waals surface area contributed by atoms with Crippen LogP contribution in [0.1, 0.15) is 29.4 Å². The van der Waals surface area contributed by atoms with Crippen molar-refractivity contribution >= 4 is 45.7 Å². The molecule has 2 N–H and O–H groups in total. The predicted molar refractivity (Wildman–Crippen MR) is 108 cm³/mol. The number of anilines is 1. The maximum Gasteiger partial charge on any atom is 0.273 e. The molecule has 2 heterocycles. The molecule has 1 aliphatic rings. The molecule has 9 heteroatoms. The molecule has 0 aliphatic heterocycles. The van der Waals surface area contributed by atoms with Crippen LogP contribution in [0.4, 0.5) is 5.69 Å². The molecule has 0 atom stereocenters. The number of rotatable bonds is 4. The van der Waals surface area contributed by atoms with E-state index in [1.54, 1.807) is 24.3 Å². The lowest BCUT2D eigenvalue weighted by molar-refractivity contribution is 0.102. The number of hydrogen-bond donors (Lipinski definition) is 2. The zero-order valence-corrected chi connectivity index (χ0v) is 16.0. The predicted octanol–water partition coefficient (Wildman–Crippen LogP) is 4.72. The Bertz CT molecular complexity index is 1210. The van der Waals surface area contributed by atoms with E-state index in [1.165, 1.54) is 0 Å². The molecule has 140 valence electrons. The summed E-state index contributed by atoms with van der Waals surface area (Å²) in [6.45, 7) is 0. The van der Waals surface area contributed by atoms with Crippen LogP contribution in [0.15, 0.2) is 42.5 Å². The second kappa shape index (κ2) is 6.61. The standard InChI is InChI=1S/C19H14Cl2N6O/c20-11-4-7-15-14(9-11)16(21)17(23-15)19(28)22-12-3-1-2-10(8-12)18-24-25-26-27(18)13-5-6-13/h1-4,7-9,13,23H,5-6H2,(H,22,28). The minimum Gasteiger partial charge on any atom is -0.349 e. The molecule has 2 aromatic carbocycles. The number of nitrogens with zero attached hydrogens (tertiary/aromatic N) is 4. The molecule has 1 amide bonds. The van der Waals surface area contributed by atoms with Gasteiger partial charge >= 0.3 is 0 Å². The molecule has 0 unspecified atom stereocenters. The van der Waals surface area contributed by atoms with Gasteiger partial charge in [0.2, 0.25) is 0 Å². The molecule has 1 saturated carbocycles. The van der Waals surface area contributed by atoms with Gasteiger partial charge in [0.25, 0.3) is 5.91 Å². The molecule has 0 radical (unpaired) electrons. The molecular formula is C19H14Cl2N6O. The summed E-state index contributed by atoms with van der Waals surface area (Å²) in [6, 6.07) is 13.0. The van der Waals surface area contributed by atoms with E-state index in [-0.39, 0.29) is 11.6 Å². The number of hydrogen-bond acceptors (Lipinski definition) is 4. The van der Waals surface area contributed by atoms with Gasteiger partial charge in [-0.3, -0.25) is 4.79 Å². The van der Waals surface area contributed by atoms with E-state index in [2.05, 4.69) is 25.8 Å². The van der Waals surface area contributed by atoms with Crippen molar-refractivity contribution in [3.05, 3.63) is 58.2 Å². The third kappa shape index (κ3) is 3.02. The number of H-pyrrole nitrogens is 1. The van der Waals surface area contributed by atoms with Crippen LogP contribution in [0.25, 0.3) is 22.3 Å². The second-order valence-corrected chi connectivity index (χ2v) is 7.53. The minimum atomic E-state index is -0.337. The van der Waals surface area contributed by atoms with Gasteiger partial charge in [-0.2, -0.15) is 0 Å². The fourth-order valence-corrected chi connectivity index (χ4v) is 3.63. The van der Waals surface area contributed by atoms with E-state index in [9.17, 15) is 4.79 Å². The number of tetrazole rings is 1. The van der Waals surface area contributed by atoms with Gasteiger partial charge in [0.1, 0.15) is 5.69 Å². The van der Waals surface area contributed by atoms with Crippen molar-refractivity contribution in [2.45, 2.75) is 18.9 Å². The van der Waals surface area contributed by atoms with Crippen LogP contribution in [0.5, 0.6) is 0 Å². The number of halogens is 2. The van der Waals surface area contributed by atoms with E-state index >= 15 is 0 Å². The lowest BCUT2D eigenvalue weighted by atomic mass is 10.2. The van der Waals surface area contributed by atoms with Crippen molar-refractivity contribution in [2.75, 3.05) is 5.32 Å². The van der Waals surface area contributed by atoms with E-state index in [0.29, 0.717) is 33.0 Å². The van der Waals surface area contributed by atoms with Gasteiger partial charge in [0, 0.05) is 27.2 Å². The van der Waals surface area contributed by atoms with E-state index in [4.69, 9.17) is 23.2 Å². The molecule has 0 bridgehead atoms. The number of carbonyl (C=O) groups excluding carboxylic acids is 1. The van der Waals surface area contributed by atoms with Crippen LogP contribution in [0.3, 0.4) is 0 Å². The fraction of sp³-hybridized carbons (Fsp3) is 0.158. The summed E-state index contributed by atoms with van der Waals surface area (Å²) in [5.41, 5.74) is 2.49. The molecule has 4 aromatic rings. The minimum absolute atomic E-state index is 0.284. The Morgan fingerprint density at radius 1 is 1.18 bits per heavy atom. The van der Waals surface area contributed by atoms with Gasteiger partial charge in [0.05, 0.1) is 11.1 Å². The summed E-state index contributed by atoms with van der Waals surface area (Å²) in [5, 5.41) is 16.5. The first-order valence-corrected chi connectivity index (χ1v) is 9.52. The Kier molecular flexibility index (Phi) is 4.07. The lowest BCUT2D eigenvalue weighted by Crippen LogP contribution is -2.13. The average Bonchev–Trinajstić information content (AvgIpc) is 3.32. The molecular weight excluding hydrogens is 399 g/mol. The second-order valence-electron chi connectivity index (χ2n) is 6.72. The van der Waals surface area contributed by atoms with Crippen LogP contribution >= 0.6 is 23.2 Å². The third-order valence-electron chi connectivity index (χ3n) is 4.69. The Hall–Kier alpha value is -2.90. The summed E-state index contributed by atoms with van der Waals surface area (Å²) in [6.07, 6.45) is 2.16. The topological polar surface area (TPSA) is 88.5 Å². The van der Waals surface area contributed by atoms with Crippen LogP contribution < -0.4 is 5.32 Å². The molecule has 7 nitrogen and oxygen atoms in total. The zero-order chi connectivity index (χ0) is 19.3. The molecule has 28 heavy (non-hydrogen) atoms.